The molecule has 152 valence electrons. The minimum absolute atomic E-state index is 0.0568. The van der Waals surface area contributed by atoms with Gasteiger partial charge in [0.25, 0.3) is 5.91 Å². The summed E-state index contributed by atoms with van der Waals surface area (Å²) in [7, 11) is -3.73. The average Bonchev–Trinajstić information content (AvgIpc) is 3.30. The lowest BCUT2D eigenvalue weighted by Crippen LogP contribution is -2.24. The highest BCUT2D eigenvalue weighted by Gasteiger charge is 2.13. The summed E-state index contributed by atoms with van der Waals surface area (Å²) in [5.74, 6) is -0.414. The maximum atomic E-state index is 12.1. The molecule has 0 fully saturated rings. The second-order valence-corrected chi connectivity index (χ2v) is 9.71. The first-order chi connectivity index (χ1) is 13.7. The highest BCUT2D eigenvalue weighted by molar-refractivity contribution is 9.10. The number of amides is 2. The van der Waals surface area contributed by atoms with Crippen molar-refractivity contribution in [3.8, 4) is 0 Å². The Balaban J connectivity index is 1.50. The minimum Gasteiger partial charge on any atom is -0.444 e. The largest absolute Gasteiger partial charge is 0.444 e. The summed E-state index contributed by atoms with van der Waals surface area (Å²) < 4.78 is 28.2. The van der Waals surface area contributed by atoms with E-state index >= 15 is 0 Å². The van der Waals surface area contributed by atoms with Gasteiger partial charge >= 0.3 is 0 Å². The molecule has 0 saturated heterocycles. The Labute approximate surface area is 179 Å². The van der Waals surface area contributed by atoms with E-state index in [9.17, 15) is 18.0 Å². The molecule has 3 aromatic rings. The summed E-state index contributed by atoms with van der Waals surface area (Å²) >= 11 is 4.16. The number of thiophene rings is 1. The molecule has 0 unspecified atom stereocenters. The van der Waals surface area contributed by atoms with Crippen molar-refractivity contribution in [3.05, 3.63) is 69.4 Å². The second-order valence-electron chi connectivity index (χ2n) is 5.97. The number of rotatable bonds is 7. The van der Waals surface area contributed by atoms with Gasteiger partial charge in [0.1, 0.15) is 4.21 Å². The molecule has 0 spiro atoms. The first-order valence-electron chi connectivity index (χ1n) is 8.24. The van der Waals surface area contributed by atoms with Crippen molar-refractivity contribution in [1.82, 2.24) is 5.32 Å². The molecule has 0 aliphatic rings. The first-order valence-corrected chi connectivity index (χ1v) is 11.4. The number of carbonyl (C=O) groups is 2. The number of hydrogen-bond donors (Lipinski definition) is 3. The number of nitrogens with one attached hydrogen (secondary N) is 2. The van der Waals surface area contributed by atoms with E-state index in [1.807, 2.05) is 0 Å². The van der Waals surface area contributed by atoms with Gasteiger partial charge in [0.15, 0.2) is 10.4 Å². The van der Waals surface area contributed by atoms with E-state index in [0.717, 1.165) is 16.9 Å². The highest BCUT2D eigenvalue weighted by atomic mass is 79.9. The number of furan rings is 1. The fourth-order valence-electron chi connectivity index (χ4n) is 2.37. The van der Waals surface area contributed by atoms with Crippen LogP contribution in [0.25, 0.3) is 0 Å². The van der Waals surface area contributed by atoms with Crippen LogP contribution >= 0.6 is 27.3 Å². The summed E-state index contributed by atoms with van der Waals surface area (Å²) in [5.41, 5.74) is 1.33. The van der Waals surface area contributed by atoms with Gasteiger partial charge in [-0.3, -0.25) is 9.59 Å². The number of benzene rings is 1. The number of nitrogens with two attached hydrogens (primary N) is 1. The third-order valence-electron chi connectivity index (χ3n) is 3.75. The number of halogens is 1. The molecule has 29 heavy (non-hydrogen) atoms. The zero-order chi connectivity index (χ0) is 21.0. The molecule has 0 aliphatic carbocycles. The molecule has 2 aromatic heterocycles. The van der Waals surface area contributed by atoms with Crippen LogP contribution in [0.1, 0.15) is 21.0 Å². The number of anilines is 1. The van der Waals surface area contributed by atoms with Crippen molar-refractivity contribution >= 4 is 54.8 Å². The monoisotopic (exact) mass is 497 g/mol. The van der Waals surface area contributed by atoms with Crippen molar-refractivity contribution in [2.24, 2.45) is 5.14 Å². The summed E-state index contributed by atoms with van der Waals surface area (Å²) in [6, 6.07) is 13.1. The van der Waals surface area contributed by atoms with E-state index in [-0.39, 0.29) is 34.7 Å². The predicted octanol–water partition coefficient (Wildman–Crippen LogP) is 2.86. The Bertz CT molecular complexity index is 1140. The van der Waals surface area contributed by atoms with E-state index in [0.29, 0.717) is 15.2 Å². The van der Waals surface area contributed by atoms with Gasteiger partial charge in [0.05, 0.1) is 13.0 Å². The molecule has 0 atom stereocenters. The van der Waals surface area contributed by atoms with Gasteiger partial charge in [-0.25, -0.2) is 13.6 Å². The topological polar surface area (TPSA) is 132 Å². The fraction of sp³-hybridized carbons (Fsp3) is 0.111. The van der Waals surface area contributed by atoms with Gasteiger partial charge in [0, 0.05) is 10.6 Å². The lowest BCUT2D eigenvalue weighted by Gasteiger charge is -2.06. The highest BCUT2D eigenvalue weighted by Crippen LogP contribution is 2.20. The Morgan fingerprint density at radius 1 is 1.07 bits per heavy atom. The summed E-state index contributed by atoms with van der Waals surface area (Å²) in [6.07, 6.45) is 0.146. The molecule has 2 amide bonds. The van der Waals surface area contributed by atoms with E-state index in [4.69, 9.17) is 9.56 Å². The molecule has 1 aromatic carbocycles. The third-order valence-corrected chi connectivity index (χ3v) is 6.70. The summed E-state index contributed by atoms with van der Waals surface area (Å²) in [4.78, 5) is 24.8. The van der Waals surface area contributed by atoms with Gasteiger partial charge in [0.2, 0.25) is 15.9 Å². The molecular formula is C18H16BrN3O5S2. The zero-order valence-electron chi connectivity index (χ0n) is 14.8. The number of sulfonamides is 1. The molecule has 8 nitrogen and oxygen atoms in total. The smallest absolute Gasteiger partial charge is 0.291 e. The van der Waals surface area contributed by atoms with E-state index < -0.39 is 10.0 Å². The standard InChI is InChI=1S/C18H16BrN3O5S2/c19-15-7-6-14(27-15)18(24)22-12-3-1-11(2-4-12)9-16(23)21-10-13-5-8-17(28-13)29(20,25)26/h1-8H,9-10H2,(H,21,23)(H,22,24)(H2,20,25,26). The Morgan fingerprint density at radius 2 is 1.79 bits per heavy atom. The van der Waals surface area contributed by atoms with Crippen molar-refractivity contribution in [2.45, 2.75) is 17.2 Å². The maximum Gasteiger partial charge on any atom is 0.291 e. The second kappa shape index (κ2) is 8.91. The van der Waals surface area contributed by atoms with Crippen LogP contribution in [-0.4, -0.2) is 20.2 Å². The maximum absolute atomic E-state index is 12.1. The van der Waals surface area contributed by atoms with Crippen molar-refractivity contribution in [3.63, 3.8) is 0 Å². The summed E-state index contributed by atoms with van der Waals surface area (Å²) in [6.45, 7) is 0.214. The number of primary sulfonamides is 1. The molecule has 0 bridgehead atoms. The van der Waals surface area contributed by atoms with Crippen LogP contribution in [0.2, 0.25) is 0 Å². The van der Waals surface area contributed by atoms with Gasteiger partial charge in [-0.05, 0) is 57.9 Å². The third kappa shape index (κ3) is 6.00. The van der Waals surface area contributed by atoms with Crippen LogP contribution in [0, 0.1) is 0 Å². The van der Waals surface area contributed by atoms with Crippen LogP contribution in [-0.2, 0) is 27.8 Å². The average molecular weight is 498 g/mol. The normalized spacial score (nSPS) is 11.2. The van der Waals surface area contributed by atoms with E-state index in [2.05, 4.69) is 26.6 Å². The molecular weight excluding hydrogens is 482 g/mol. The predicted molar refractivity (Wildman–Crippen MR) is 112 cm³/mol. The molecule has 2 heterocycles. The lowest BCUT2D eigenvalue weighted by atomic mass is 10.1. The molecule has 4 N–H and O–H groups in total. The van der Waals surface area contributed by atoms with Crippen molar-refractivity contribution < 1.29 is 22.4 Å². The Kier molecular flexibility index (Phi) is 6.52. The Hall–Kier alpha value is -2.47. The van der Waals surface area contributed by atoms with Crippen LogP contribution < -0.4 is 15.8 Å². The quantitative estimate of drug-likeness (QED) is 0.461. The summed E-state index contributed by atoms with van der Waals surface area (Å²) in [5, 5.41) is 10.5. The number of carbonyl (C=O) groups excluding carboxylic acids is 2. The number of hydrogen-bond acceptors (Lipinski definition) is 6. The van der Waals surface area contributed by atoms with Crippen LogP contribution in [0.4, 0.5) is 5.69 Å². The molecule has 11 heteroatoms. The van der Waals surface area contributed by atoms with Crippen LogP contribution in [0.5, 0.6) is 0 Å². The molecule has 0 aliphatic heterocycles. The minimum atomic E-state index is -3.73. The molecule has 3 rings (SSSR count). The van der Waals surface area contributed by atoms with E-state index in [1.165, 1.54) is 6.07 Å². The zero-order valence-corrected chi connectivity index (χ0v) is 18.1. The lowest BCUT2D eigenvalue weighted by molar-refractivity contribution is -0.120. The molecule has 0 radical (unpaired) electrons. The van der Waals surface area contributed by atoms with Gasteiger partial charge in [-0.1, -0.05) is 12.1 Å². The van der Waals surface area contributed by atoms with Gasteiger partial charge in [-0.15, -0.1) is 11.3 Å². The van der Waals surface area contributed by atoms with Crippen LogP contribution in [0.15, 0.2) is 61.8 Å². The van der Waals surface area contributed by atoms with Crippen LogP contribution in [0.3, 0.4) is 0 Å². The van der Waals surface area contributed by atoms with Gasteiger partial charge < -0.3 is 15.1 Å². The van der Waals surface area contributed by atoms with Crippen molar-refractivity contribution in [1.29, 1.82) is 0 Å². The van der Waals surface area contributed by atoms with E-state index in [1.54, 1.807) is 42.5 Å². The van der Waals surface area contributed by atoms with Gasteiger partial charge in [-0.2, -0.15) is 0 Å². The fourth-order valence-corrected chi connectivity index (χ4v) is 4.40. The molecule has 0 saturated carbocycles. The first kappa shape index (κ1) is 21.2. The SMILES string of the molecule is NS(=O)(=O)c1ccc(CNC(=O)Cc2ccc(NC(=O)c3ccc(Br)o3)cc2)s1. The van der Waals surface area contributed by atoms with Crippen molar-refractivity contribution in [2.75, 3.05) is 5.32 Å². The Morgan fingerprint density at radius 3 is 2.38 bits per heavy atom.